The molecule has 0 unspecified atom stereocenters. The molecule has 0 saturated carbocycles. The molecule has 1 heterocycles. The van der Waals surface area contributed by atoms with Crippen molar-refractivity contribution < 1.29 is 4.39 Å². The summed E-state index contributed by atoms with van der Waals surface area (Å²) in [6.45, 7) is 1.92. The number of hydrogen-bond acceptors (Lipinski definition) is 2. The van der Waals surface area contributed by atoms with Crippen LogP contribution < -0.4 is 5.73 Å². The normalized spacial score (nSPS) is 10.6. The van der Waals surface area contributed by atoms with Crippen molar-refractivity contribution in [3.8, 4) is 11.3 Å². The number of nitrogens with zero attached hydrogens (tertiary/aromatic N) is 2. The lowest BCUT2D eigenvalue weighted by molar-refractivity contribution is 0.633. The van der Waals surface area contributed by atoms with Crippen LogP contribution in [0.2, 0.25) is 0 Å². The van der Waals surface area contributed by atoms with Gasteiger partial charge in [-0.3, -0.25) is 0 Å². The Morgan fingerprint density at radius 2 is 2.00 bits per heavy atom. The number of nitrogen functional groups attached to an aromatic ring is 1. The highest BCUT2D eigenvalue weighted by Crippen LogP contribution is 2.27. The standard InChI is InChI=1S/C11H12FN3/c1-7-5-3-4-6-8(7)10-9(12)11(13)15(2)14-10/h3-6H,13H2,1-2H3. The minimum Gasteiger partial charge on any atom is -0.381 e. The lowest BCUT2D eigenvalue weighted by Gasteiger charge is -2.00. The van der Waals surface area contributed by atoms with Gasteiger partial charge in [-0.05, 0) is 12.5 Å². The monoisotopic (exact) mass is 205 g/mol. The smallest absolute Gasteiger partial charge is 0.192 e. The number of halogens is 1. The topological polar surface area (TPSA) is 43.8 Å². The first-order chi connectivity index (χ1) is 7.11. The fourth-order valence-electron chi connectivity index (χ4n) is 1.52. The largest absolute Gasteiger partial charge is 0.381 e. The van der Waals surface area contributed by atoms with Crippen molar-refractivity contribution in [2.45, 2.75) is 6.92 Å². The average molecular weight is 205 g/mol. The van der Waals surface area contributed by atoms with Crippen molar-refractivity contribution in [2.75, 3.05) is 5.73 Å². The molecule has 0 aliphatic rings. The second-order valence-corrected chi connectivity index (χ2v) is 3.49. The number of aryl methyl sites for hydroxylation is 2. The van der Waals surface area contributed by atoms with E-state index in [9.17, 15) is 4.39 Å². The van der Waals surface area contributed by atoms with Gasteiger partial charge in [-0.15, -0.1) is 0 Å². The Bertz CT molecular complexity index is 503. The molecule has 2 aromatic rings. The Balaban J connectivity index is 2.65. The van der Waals surface area contributed by atoms with Crippen molar-refractivity contribution in [2.24, 2.45) is 7.05 Å². The summed E-state index contributed by atoms with van der Waals surface area (Å²) in [5.74, 6) is -0.389. The highest BCUT2D eigenvalue weighted by atomic mass is 19.1. The van der Waals surface area contributed by atoms with E-state index in [1.54, 1.807) is 7.05 Å². The van der Waals surface area contributed by atoms with Crippen LogP contribution in [-0.2, 0) is 7.05 Å². The molecule has 0 fully saturated rings. The number of nitrogens with two attached hydrogens (primary N) is 1. The fourth-order valence-corrected chi connectivity index (χ4v) is 1.52. The van der Waals surface area contributed by atoms with Crippen molar-refractivity contribution >= 4 is 5.82 Å². The molecule has 0 bridgehead atoms. The Labute approximate surface area is 87.3 Å². The highest BCUT2D eigenvalue weighted by Gasteiger charge is 2.16. The molecule has 0 spiro atoms. The predicted octanol–water partition coefficient (Wildman–Crippen LogP) is 2.12. The maximum atomic E-state index is 13.7. The van der Waals surface area contributed by atoms with Crippen LogP contribution in [0.25, 0.3) is 11.3 Å². The summed E-state index contributed by atoms with van der Waals surface area (Å²) in [6, 6.07) is 7.51. The van der Waals surface area contributed by atoms with Gasteiger partial charge in [0.1, 0.15) is 5.69 Å². The first-order valence-electron chi connectivity index (χ1n) is 4.65. The lowest BCUT2D eigenvalue weighted by atomic mass is 10.1. The second kappa shape index (κ2) is 3.38. The van der Waals surface area contributed by atoms with Gasteiger partial charge in [-0.1, -0.05) is 24.3 Å². The van der Waals surface area contributed by atoms with Gasteiger partial charge in [0, 0.05) is 12.6 Å². The average Bonchev–Trinajstić information content (AvgIpc) is 2.47. The number of rotatable bonds is 1. The number of hydrogen-bond donors (Lipinski definition) is 1. The first-order valence-corrected chi connectivity index (χ1v) is 4.65. The molecule has 0 saturated heterocycles. The molecule has 15 heavy (non-hydrogen) atoms. The Morgan fingerprint density at radius 1 is 1.33 bits per heavy atom. The van der Waals surface area contributed by atoms with Gasteiger partial charge < -0.3 is 5.73 Å². The van der Waals surface area contributed by atoms with Crippen molar-refractivity contribution in [1.82, 2.24) is 9.78 Å². The maximum Gasteiger partial charge on any atom is 0.192 e. The SMILES string of the molecule is Cc1ccccc1-c1nn(C)c(N)c1F. The maximum absolute atomic E-state index is 13.7. The molecule has 0 atom stereocenters. The van der Waals surface area contributed by atoms with Crippen LogP contribution >= 0.6 is 0 Å². The summed E-state index contributed by atoms with van der Waals surface area (Å²) in [4.78, 5) is 0. The van der Waals surface area contributed by atoms with Crippen LogP contribution in [0, 0.1) is 12.7 Å². The molecule has 0 radical (unpaired) electrons. The molecule has 0 aliphatic heterocycles. The summed E-state index contributed by atoms with van der Waals surface area (Å²) in [5, 5.41) is 4.06. The van der Waals surface area contributed by atoms with E-state index in [1.165, 1.54) is 4.68 Å². The van der Waals surface area contributed by atoms with Gasteiger partial charge in [-0.2, -0.15) is 5.10 Å². The van der Waals surface area contributed by atoms with Gasteiger partial charge in [0.15, 0.2) is 11.6 Å². The van der Waals surface area contributed by atoms with Crippen LogP contribution in [0.3, 0.4) is 0 Å². The van der Waals surface area contributed by atoms with Gasteiger partial charge in [0.2, 0.25) is 0 Å². The van der Waals surface area contributed by atoms with Crippen molar-refractivity contribution in [3.63, 3.8) is 0 Å². The van der Waals surface area contributed by atoms with E-state index in [0.717, 1.165) is 11.1 Å². The summed E-state index contributed by atoms with van der Waals surface area (Å²) in [6.07, 6.45) is 0. The van der Waals surface area contributed by atoms with Gasteiger partial charge in [0.25, 0.3) is 0 Å². The summed E-state index contributed by atoms with van der Waals surface area (Å²) in [5.41, 5.74) is 7.59. The molecule has 2 N–H and O–H groups in total. The fraction of sp³-hybridized carbons (Fsp3) is 0.182. The summed E-state index contributed by atoms with van der Waals surface area (Å²) >= 11 is 0. The van der Waals surface area contributed by atoms with E-state index >= 15 is 0 Å². The second-order valence-electron chi connectivity index (χ2n) is 3.49. The van der Waals surface area contributed by atoms with Gasteiger partial charge in [-0.25, -0.2) is 9.07 Å². The number of anilines is 1. The van der Waals surface area contributed by atoms with E-state index in [0.29, 0.717) is 5.69 Å². The van der Waals surface area contributed by atoms with Crippen LogP contribution in [0.1, 0.15) is 5.56 Å². The quantitative estimate of drug-likeness (QED) is 0.774. The zero-order chi connectivity index (χ0) is 11.0. The van der Waals surface area contributed by atoms with Crippen LogP contribution in [0.4, 0.5) is 10.2 Å². The van der Waals surface area contributed by atoms with E-state index in [2.05, 4.69) is 5.10 Å². The molecule has 0 aliphatic carbocycles. The molecule has 0 amide bonds. The highest BCUT2D eigenvalue weighted by molar-refractivity contribution is 5.66. The molecular formula is C11H12FN3. The van der Waals surface area contributed by atoms with E-state index in [-0.39, 0.29) is 5.82 Å². The minimum absolute atomic E-state index is 0.0632. The molecule has 78 valence electrons. The molecular weight excluding hydrogens is 193 g/mol. The van der Waals surface area contributed by atoms with E-state index in [4.69, 9.17) is 5.73 Å². The Kier molecular flexibility index (Phi) is 2.19. The first kappa shape index (κ1) is 9.71. The Morgan fingerprint density at radius 3 is 2.53 bits per heavy atom. The van der Waals surface area contributed by atoms with Crippen molar-refractivity contribution in [1.29, 1.82) is 0 Å². The van der Waals surface area contributed by atoms with E-state index in [1.807, 2.05) is 31.2 Å². The van der Waals surface area contributed by atoms with E-state index < -0.39 is 5.82 Å². The molecule has 1 aromatic heterocycles. The van der Waals surface area contributed by atoms with Crippen LogP contribution in [0.5, 0.6) is 0 Å². The lowest BCUT2D eigenvalue weighted by Crippen LogP contribution is -1.97. The number of aromatic nitrogens is 2. The molecule has 1 aromatic carbocycles. The molecule has 3 nitrogen and oxygen atoms in total. The summed E-state index contributed by atoms with van der Waals surface area (Å²) < 4.78 is 15.0. The zero-order valence-electron chi connectivity index (χ0n) is 8.66. The Hall–Kier alpha value is -1.84. The van der Waals surface area contributed by atoms with Gasteiger partial charge >= 0.3 is 0 Å². The third-order valence-electron chi connectivity index (χ3n) is 2.43. The minimum atomic E-state index is -0.452. The molecule has 4 heteroatoms. The third kappa shape index (κ3) is 1.48. The van der Waals surface area contributed by atoms with Crippen molar-refractivity contribution in [3.05, 3.63) is 35.6 Å². The summed E-state index contributed by atoms with van der Waals surface area (Å²) in [7, 11) is 1.63. The predicted molar refractivity (Wildman–Crippen MR) is 57.8 cm³/mol. The molecule has 2 rings (SSSR count). The number of benzene rings is 1. The van der Waals surface area contributed by atoms with Crippen LogP contribution in [0.15, 0.2) is 24.3 Å². The zero-order valence-corrected chi connectivity index (χ0v) is 8.66. The van der Waals surface area contributed by atoms with Crippen LogP contribution in [-0.4, -0.2) is 9.78 Å². The van der Waals surface area contributed by atoms with Gasteiger partial charge in [0.05, 0.1) is 0 Å². The third-order valence-corrected chi connectivity index (χ3v) is 2.43.